The molecule has 0 radical (unpaired) electrons. The second-order valence-corrected chi connectivity index (χ2v) is 2.07. The van der Waals surface area contributed by atoms with Crippen molar-refractivity contribution in [2.75, 3.05) is 14.2 Å². The van der Waals surface area contributed by atoms with E-state index < -0.39 is 0 Å². The van der Waals surface area contributed by atoms with Crippen molar-refractivity contribution < 1.29 is 9.47 Å². The molecule has 0 bridgehead atoms. The Morgan fingerprint density at radius 3 is 2.67 bits per heavy atom. The molecule has 0 fully saturated rings. The van der Waals surface area contributed by atoms with E-state index in [1.54, 1.807) is 0 Å². The Bertz CT molecular complexity index is 265. The van der Waals surface area contributed by atoms with Crippen molar-refractivity contribution in [3.63, 3.8) is 0 Å². The molecule has 0 aliphatic carbocycles. The van der Waals surface area contributed by atoms with Gasteiger partial charge in [-0.3, -0.25) is 0 Å². The van der Waals surface area contributed by atoms with Crippen LogP contribution in [0.3, 0.4) is 0 Å². The SMILES string of the molecule is COc1cnc(CN)nc1OC. The van der Waals surface area contributed by atoms with Crippen LogP contribution in [-0.2, 0) is 6.54 Å². The van der Waals surface area contributed by atoms with E-state index in [0.717, 1.165) is 0 Å². The minimum Gasteiger partial charge on any atom is -0.490 e. The number of ether oxygens (including phenoxy) is 2. The summed E-state index contributed by atoms with van der Waals surface area (Å²) in [6, 6.07) is 0. The molecule has 0 saturated heterocycles. The van der Waals surface area contributed by atoms with Crippen LogP contribution in [-0.4, -0.2) is 24.2 Å². The highest BCUT2D eigenvalue weighted by Gasteiger charge is 2.05. The Kier molecular flexibility index (Phi) is 2.82. The monoisotopic (exact) mass is 169 g/mol. The highest BCUT2D eigenvalue weighted by Crippen LogP contribution is 2.21. The van der Waals surface area contributed by atoms with Gasteiger partial charge in [0.25, 0.3) is 5.88 Å². The van der Waals surface area contributed by atoms with Crippen LogP contribution in [0.4, 0.5) is 0 Å². The lowest BCUT2D eigenvalue weighted by Gasteiger charge is -2.05. The Labute approximate surface area is 70.5 Å². The van der Waals surface area contributed by atoms with Crippen molar-refractivity contribution >= 4 is 0 Å². The Balaban J connectivity index is 3.02. The number of methoxy groups -OCH3 is 2. The molecule has 12 heavy (non-hydrogen) atoms. The molecule has 0 amide bonds. The molecule has 66 valence electrons. The lowest BCUT2D eigenvalue weighted by Crippen LogP contribution is -2.04. The third kappa shape index (κ3) is 1.62. The van der Waals surface area contributed by atoms with Gasteiger partial charge in [-0.05, 0) is 0 Å². The summed E-state index contributed by atoms with van der Waals surface area (Å²) >= 11 is 0. The Morgan fingerprint density at radius 2 is 2.17 bits per heavy atom. The summed E-state index contributed by atoms with van der Waals surface area (Å²) in [5, 5.41) is 0. The maximum atomic E-state index is 5.34. The quantitative estimate of drug-likeness (QED) is 0.687. The summed E-state index contributed by atoms with van der Waals surface area (Å²) in [6.45, 7) is 0.292. The van der Waals surface area contributed by atoms with Gasteiger partial charge in [-0.15, -0.1) is 0 Å². The molecular weight excluding hydrogens is 158 g/mol. The zero-order valence-electron chi connectivity index (χ0n) is 7.07. The Hall–Kier alpha value is -1.36. The molecule has 0 unspecified atom stereocenters. The van der Waals surface area contributed by atoms with Crippen LogP contribution in [0.1, 0.15) is 5.82 Å². The van der Waals surface area contributed by atoms with Gasteiger partial charge < -0.3 is 15.2 Å². The minimum atomic E-state index is 0.292. The molecule has 0 saturated carbocycles. The first kappa shape index (κ1) is 8.73. The maximum absolute atomic E-state index is 5.34. The first-order chi connectivity index (χ1) is 5.81. The van der Waals surface area contributed by atoms with E-state index in [9.17, 15) is 0 Å². The number of nitrogens with zero attached hydrogens (tertiary/aromatic N) is 2. The molecular formula is C7H11N3O2. The van der Waals surface area contributed by atoms with Crippen LogP contribution in [0.5, 0.6) is 11.6 Å². The maximum Gasteiger partial charge on any atom is 0.260 e. The van der Waals surface area contributed by atoms with E-state index in [4.69, 9.17) is 15.2 Å². The van der Waals surface area contributed by atoms with E-state index in [1.165, 1.54) is 20.4 Å². The first-order valence-corrected chi connectivity index (χ1v) is 3.45. The zero-order valence-corrected chi connectivity index (χ0v) is 7.07. The summed E-state index contributed by atoms with van der Waals surface area (Å²) in [5.74, 6) is 1.45. The van der Waals surface area contributed by atoms with Crippen molar-refractivity contribution in [2.24, 2.45) is 5.73 Å². The summed E-state index contributed by atoms with van der Waals surface area (Å²) in [7, 11) is 3.05. The number of hydrogen-bond donors (Lipinski definition) is 1. The van der Waals surface area contributed by atoms with Crippen molar-refractivity contribution in [1.82, 2.24) is 9.97 Å². The molecule has 0 aliphatic rings. The molecule has 0 spiro atoms. The minimum absolute atomic E-state index is 0.292. The normalized spacial score (nSPS) is 9.58. The molecule has 5 nitrogen and oxygen atoms in total. The van der Waals surface area contributed by atoms with Gasteiger partial charge >= 0.3 is 0 Å². The van der Waals surface area contributed by atoms with Crippen molar-refractivity contribution in [3.8, 4) is 11.6 Å². The van der Waals surface area contributed by atoms with Gasteiger partial charge in [0.15, 0.2) is 5.75 Å². The first-order valence-electron chi connectivity index (χ1n) is 3.45. The summed E-state index contributed by atoms with van der Waals surface area (Å²) in [4.78, 5) is 7.93. The number of rotatable bonds is 3. The predicted molar refractivity (Wildman–Crippen MR) is 43.0 cm³/mol. The topological polar surface area (TPSA) is 70.3 Å². The van der Waals surface area contributed by atoms with Gasteiger partial charge in [-0.1, -0.05) is 0 Å². The fourth-order valence-corrected chi connectivity index (χ4v) is 0.774. The van der Waals surface area contributed by atoms with Crippen molar-refractivity contribution in [1.29, 1.82) is 0 Å². The molecule has 0 atom stereocenters. The second kappa shape index (κ2) is 3.87. The third-order valence-electron chi connectivity index (χ3n) is 1.37. The van der Waals surface area contributed by atoms with Crippen LogP contribution in [0, 0.1) is 0 Å². The van der Waals surface area contributed by atoms with Gasteiger partial charge in [0.2, 0.25) is 0 Å². The van der Waals surface area contributed by atoms with Gasteiger partial charge in [0, 0.05) is 0 Å². The predicted octanol–water partition coefficient (Wildman–Crippen LogP) is -0.0475. The zero-order chi connectivity index (χ0) is 8.97. The third-order valence-corrected chi connectivity index (χ3v) is 1.37. The van der Waals surface area contributed by atoms with Crippen LogP contribution in [0.2, 0.25) is 0 Å². The fourth-order valence-electron chi connectivity index (χ4n) is 0.774. The molecule has 5 heteroatoms. The standard InChI is InChI=1S/C7H11N3O2/c1-11-5-4-9-6(3-8)10-7(5)12-2/h4H,3,8H2,1-2H3. The largest absolute Gasteiger partial charge is 0.490 e. The van der Waals surface area contributed by atoms with Crippen LogP contribution in [0.25, 0.3) is 0 Å². The van der Waals surface area contributed by atoms with Crippen LogP contribution >= 0.6 is 0 Å². The van der Waals surface area contributed by atoms with E-state index in [0.29, 0.717) is 24.0 Å². The molecule has 1 rings (SSSR count). The van der Waals surface area contributed by atoms with E-state index in [1.807, 2.05) is 0 Å². The van der Waals surface area contributed by atoms with Gasteiger partial charge in [-0.25, -0.2) is 4.98 Å². The lowest BCUT2D eigenvalue weighted by atomic mass is 10.5. The lowest BCUT2D eigenvalue weighted by molar-refractivity contribution is 0.339. The summed E-state index contributed by atoms with van der Waals surface area (Å²) in [5.41, 5.74) is 5.34. The number of hydrogen-bond acceptors (Lipinski definition) is 5. The van der Waals surface area contributed by atoms with Gasteiger partial charge in [0.05, 0.1) is 27.0 Å². The number of aromatic nitrogens is 2. The summed E-state index contributed by atoms with van der Waals surface area (Å²) in [6.07, 6.45) is 1.54. The molecule has 0 aliphatic heterocycles. The fraction of sp³-hybridized carbons (Fsp3) is 0.429. The molecule has 0 aromatic carbocycles. The van der Waals surface area contributed by atoms with Gasteiger partial charge in [-0.2, -0.15) is 4.98 Å². The Morgan fingerprint density at radius 1 is 1.42 bits per heavy atom. The molecule has 1 heterocycles. The van der Waals surface area contributed by atoms with Crippen molar-refractivity contribution in [3.05, 3.63) is 12.0 Å². The highest BCUT2D eigenvalue weighted by molar-refractivity contribution is 5.30. The van der Waals surface area contributed by atoms with E-state index in [2.05, 4.69) is 9.97 Å². The van der Waals surface area contributed by atoms with Crippen LogP contribution in [0.15, 0.2) is 6.20 Å². The molecule has 1 aromatic rings. The number of nitrogens with two attached hydrogens (primary N) is 1. The highest BCUT2D eigenvalue weighted by atomic mass is 16.5. The second-order valence-electron chi connectivity index (χ2n) is 2.07. The average molecular weight is 169 g/mol. The van der Waals surface area contributed by atoms with E-state index in [-0.39, 0.29) is 0 Å². The van der Waals surface area contributed by atoms with Crippen molar-refractivity contribution in [2.45, 2.75) is 6.54 Å². The van der Waals surface area contributed by atoms with E-state index >= 15 is 0 Å². The van der Waals surface area contributed by atoms with Gasteiger partial charge in [0.1, 0.15) is 5.82 Å². The smallest absolute Gasteiger partial charge is 0.260 e. The summed E-state index contributed by atoms with van der Waals surface area (Å²) < 4.78 is 9.89. The molecule has 2 N–H and O–H groups in total. The van der Waals surface area contributed by atoms with Crippen LogP contribution < -0.4 is 15.2 Å². The molecule has 1 aromatic heterocycles. The average Bonchev–Trinajstić information content (AvgIpc) is 2.16.